The van der Waals surface area contributed by atoms with Crippen LogP contribution in [0.3, 0.4) is 0 Å². The number of anilines is 1. The molecule has 1 saturated heterocycles. The van der Waals surface area contributed by atoms with Crippen molar-refractivity contribution in [3.05, 3.63) is 48.3 Å². The molecule has 0 bridgehead atoms. The average molecular weight is 356 g/mol. The van der Waals surface area contributed by atoms with Gasteiger partial charge in [-0.05, 0) is 42.9 Å². The zero-order valence-electron chi connectivity index (χ0n) is 14.8. The summed E-state index contributed by atoms with van der Waals surface area (Å²) in [4.78, 5) is 26.7. The molecule has 132 valence electrons. The maximum atomic E-state index is 12.9. The van der Waals surface area contributed by atoms with Gasteiger partial charge in [0, 0.05) is 44.0 Å². The molecular weight excluding hydrogens is 332 g/mol. The Labute approximate surface area is 153 Å². The smallest absolute Gasteiger partial charge is 0.227 e. The van der Waals surface area contributed by atoms with Crippen molar-refractivity contribution < 1.29 is 4.79 Å². The maximum absolute atomic E-state index is 12.9. The normalized spacial score (nSPS) is 17.4. The number of hydrogen-bond donors (Lipinski definition) is 0. The topological polar surface area (TPSA) is 49.3 Å². The van der Waals surface area contributed by atoms with Gasteiger partial charge < -0.3 is 9.80 Å². The SMILES string of the molecule is CSc1ccc(CN(C)C(=O)C2CCCN(c3ncccn3)C2)cc1. The van der Waals surface area contributed by atoms with Crippen LogP contribution in [0.2, 0.25) is 0 Å². The Morgan fingerprint density at radius 3 is 2.68 bits per heavy atom. The first-order chi connectivity index (χ1) is 12.2. The molecule has 1 amide bonds. The van der Waals surface area contributed by atoms with E-state index < -0.39 is 0 Å². The average Bonchev–Trinajstić information content (AvgIpc) is 2.68. The highest BCUT2D eigenvalue weighted by Crippen LogP contribution is 2.22. The van der Waals surface area contributed by atoms with Crippen molar-refractivity contribution in [3.63, 3.8) is 0 Å². The number of aromatic nitrogens is 2. The Morgan fingerprint density at radius 2 is 2.00 bits per heavy atom. The van der Waals surface area contributed by atoms with Gasteiger partial charge in [-0.1, -0.05) is 12.1 Å². The van der Waals surface area contributed by atoms with E-state index in [1.165, 1.54) is 4.90 Å². The van der Waals surface area contributed by atoms with Crippen molar-refractivity contribution in [2.24, 2.45) is 5.92 Å². The predicted molar refractivity (Wildman–Crippen MR) is 102 cm³/mol. The molecule has 3 rings (SSSR count). The van der Waals surface area contributed by atoms with E-state index in [9.17, 15) is 4.79 Å². The van der Waals surface area contributed by atoms with Gasteiger partial charge in [0.05, 0.1) is 5.92 Å². The van der Waals surface area contributed by atoms with Crippen LogP contribution in [-0.4, -0.2) is 47.2 Å². The number of thioether (sulfide) groups is 1. The van der Waals surface area contributed by atoms with E-state index in [4.69, 9.17) is 0 Å². The second-order valence-electron chi connectivity index (χ2n) is 6.38. The third-order valence-electron chi connectivity index (χ3n) is 4.56. The molecule has 0 spiro atoms. The first-order valence-corrected chi connectivity index (χ1v) is 9.79. The third-order valence-corrected chi connectivity index (χ3v) is 5.30. The highest BCUT2D eigenvalue weighted by molar-refractivity contribution is 7.98. The van der Waals surface area contributed by atoms with Gasteiger partial charge in [-0.25, -0.2) is 9.97 Å². The fourth-order valence-electron chi connectivity index (χ4n) is 3.21. The lowest BCUT2D eigenvalue weighted by Gasteiger charge is -2.34. The lowest BCUT2D eigenvalue weighted by Crippen LogP contribution is -2.44. The first kappa shape index (κ1) is 17.7. The van der Waals surface area contributed by atoms with Crippen molar-refractivity contribution in [2.75, 3.05) is 31.3 Å². The number of hydrogen-bond acceptors (Lipinski definition) is 5. The molecule has 0 aliphatic carbocycles. The van der Waals surface area contributed by atoms with Crippen molar-refractivity contribution in [3.8, 4) is 0 Å². The van der Waals surface area contributed by atoms with E-state index >= 15 is 0 Å². The molecule has 1 fully saturated rings. The lowest BCUT2D eigenvalue weighted by molar-refractivity contribution is -0.135. The van der Waals surface area contributed by atoms with Gasteiger partial charge in [0.25, 0.3) is 0 Å². The second kappa shape index (κ2) is 8.34. The molecule has 5 nitrogen and oxygen atoms in total. The summed E-state index contributed by atoms with van der Waals surface area (Å²) in [5, 5.41) is 0. The minimum Gasteiger partial charge on any atom is -0.341 e. The van der Waals surface area contributed by atoms with Gasteiger partial charge in [-0.3, -0.25) is 4.79 Å². The van der Waals surface area contributed by atoms with Crippen LogP contribution in [-0.2, 0) is 11.3 Å². The summed E-state index contributed by atoms with van der Waals surface area (Å²) < 4.78 is 0. The molecule has 6 heteroatoms. The molecule has 1 unspecified atom stereocenters. The van der Waals surface area contributed by atoms with E-state index in [-0.39, 0.29) is 11.8 Å². The number of carbonyl (C=O) groups excluding carboxylic acids is 1. The highest BCUT2D eigenvalue weighted by Gasteiger charge is 2.29. The van der Waals surface area contributed by atoms with Gasteiger partial charge in [0.2, 0.25) is 11.9 Å². The quantitative estimate of drug-likeness (QED) is 0.771. The van der Waals surface area contributed by atoms with Crippen molar-refractivity contribution in [1.82, 2.24) is 14.9 Å². The number of carbonyl (C=O) groups is 1. The van der Waals surface area contributed by atoms with Crippen molar-refractivity contribution in [1.29, 1.82) is 0 Å². The number of benzene rings is 1. The summed E-state index contributed by atoms with van der Waals surface area (Å²) in [5.74, 6) is 0.929. The zero-order valence-corrected chi connectivity index (χ0v) is 15.6. The summed E-state index contributed by atoms with van der Waals surface area (Å²) in [6.45, 7) is 2.25. The Kier molecular flexibility index (Phi) is 5.91. The Bertz CT molecular complexity index is 692. The van der Waals surface area contributed by atoms with Gasteiger partial charge in [-0.2, -0.15) is 0 Å². The summed E-state index contributed by atoms with van der Waals surface area (Å²) >= 11 is 1.73. The van der Waals surface area contributed by atoms with E-state index in [0.717, 1.165) is 30.9 Å². The molecule has 1 atom stereocenters. The van der Waals surface area contributed by atoms with Gasteiger partial charge >= 0.3 is 0 Å². The molecule has 0 saturated carbocycles. The van der Waals surface area contributed by atoms with Crippen LogP contribution < -0.4 is 4.90 Å². The molecule has 2 heterocycles. The van der Waals surface area contributed by atoms with E-state index in [1.54, 1.807) is 24.2 Å². The van der Waals surface area contributed by atoms with Gasteiger partial charge in [0.1, 0.15) is 0 Å². The maximum Gasteiger partial charge on any atom is 0.227 e. The van der Waals surface area contributed by atoms with Crippen molar-refractivity contribution in [2.45, 2.75) is 24.3 Å². The van der Waals surface area contributed by atoms with Crippen molar-refractivity contribution >= 4 is 23.6 Å². The monoisotopic (exact) mass is 356 g/mol. The summed E-state index contributed by atoms with van der Waals surface area (Å²) in [5.41, 5.74) is 1.16. The zero-order chi connectivity index (χ0) is 17.6. The van der Waals surface area contributed by atoms with Crippen LogP contribution in [0.5, 0.6) is 0 Å². The highest BCUT2D eigenvalue weighted by atomic mass is 32.2. The first-order valence-electron chi connectivity index (χ1n) is 8.57. The Morgan fingerprint density at radius 1 is 1.28 bits per heavy atom. The van der Waals surface area contributed by atoms with Gasteiger partial charge in [0.15, 0.2) is 0 Å². The molecule has 0 N–H and O–H groups in total. The summed E-state index contributed by atoms with van der Waals surface area (Å²) in [6, 6.07) is 10.2. The molecule has 1 aliphatic rings. The molecule has 25 heavy (non-hydrogen) atoms. The van der Waals surface area contributed by atoms with Crippen LogP contribution in [0.25, 0.3) is 0 Å². The van der Waals surface area contributed by atoms with Crippen LogP contribution in [0.1, 0.15) is 18.4 Å². The molecule has 1 aromatic carbocycles. The largest absolute Gasteiger partial charge is 0.341 e. The van der Waals surface area contributed by atoms with E-state index in [1.807, 2.05) is 18.0 Å². The minimum absolute atomic E-state index is 0.00743. The number of piperidine rings is 1. The molecular formula is C19H24N4OS. The molecule has 2 aromatic rings. The third kappa shape index (κ3) is 4.51. The van der Waals surface area contributed by atoms with Crippen LogP contribution in [0.15, 0.2) is 47.6 Å². The van der Waals surface area contributed by atoms with Crippen LogP contribution >= 0.6 is 11.8 Å². The fraction of sp³-hybridized carbons (Fsp3) is 0.421. The lowest BCUT2D eigenvalue weighted by atomic mass is 9.96. The number of rotatable bonds is 5. The molecule has 1 aliphatic heterocycles. The predicted octanol–water partition coefficient (Wildman–Crippen LogP) is 3.07. The van der Waals surface area contributed by atoms with Crippen LogP contribution in [0, 0.1) is 5.92 Å². The Hall–Kier alpha value is -2.08. The fourth-order valence-corrected chi connectivity index (χ4v) is 3.62. The van der Waals surface area contributed by atoms with Gasteiger partial charge in [-0.15, -0.1) is 11.8 Å². The minimum atomic E-state index is 0.00743. The number of amides is 1. The summed E-state index contributed by atoms with van der Waals surface area (Å²) in [6.07, 6.45) is 7.48. The summed E-state index contributed by atoms with van der Waals surface area (Å²) in [7, 11) is 1.89. The standard InChI is InChI=1S/C19H24N4OS/c1-22(13-15-6-8-17(25-2)9-7-15)18(24)16-5-3-12-23(14-16)19-20-10-4-11-21-19/h4,6-11,16H,3,5,12-14H2,1-2H3. The Balaban J connectivity index is 1.61. The second-order valence-corrected chi connectivity index (χ2v) is 7.26. The molecule has 1 aromatic heterocycles. The van der Waals surface area contributed by atoms with E-state index in [2.05, 4.69) is 45.4 Å². The molecule has 0 radical (unpaired) electrons. The number of nitrogens with zero attached hydrogens (tertiary/aromatic N) is 4. The van der Waals surface area contributed by atoms with E-state index in [0.29, 0.717) is 13.1 Å². The van der Waals surface area contributed by atoms with Crippen LogP contribution in [0.4, 0.5) is 5.95 Å².